The number of hydrogen-bond acceptors (Lipinski definition) is 4. The number of para-hydroxylation sites is 1. The van der Waals surface area contributed by atoms with Crippen molar-refractivity contribution in [2.45, 2.75) is 13.3 Å². The predicted octanol–water partition coefficient (Wildman–Crippen LogP) is 2.79. The highest BCUT2D eigenvalue weighted by molar-refractivity contribution is 9.10. The number of benzene rings is 1. The Morgan fingerprint density at radius 1 is 1.41 bits per heavy atom. The first-order valence-corrected chi connectivity index (χ1v) is 6.09. The molecule has 0 aliphatic heterocycles. The molecule has 1 aromatic carbocycles. The lowest BCUT2D eigenvalue weighted by molar-refractivity contribution is -0.143. The van der Waals surface area contributed by atoms with Gasteiger partial charge in [0.25, 0.3) is 0 Å². The van der Waals surface area contributed by atoms with E-state index in [9.17, 15) is 4.79 Å². The summed E-state index contributed by atoms with van der Waals surface area (Å²) in [5.74, 6) is 0.959. The number of hydrogen-bond donors (Lipinski definition) is 0. The van der Waals surface area contributed by atoms with Crippen LogP contribution in [0.3, 0.4) is 0 Å². The number of ether oxygens (including phenoxy) is 3. The maximum absolute atomic E-state index is 11.1. The molecule has 0 heterocycles. The Kier molecular flexibility index (Phi) is 5.83. The molecule has 0 aromatic heterocycles. The van der Waals surface area contributed by atoms with Gasteiger partial charge in [-0.05, 0) is 35.0 Å². The second-order valence-electron chi connectivity index (χ2n) is 3.17. The van der Waals surface area contributed by atoms with Crippen LogP contribution in [0.25, 0.3) is 0 Å². The van der Waals surface area contributed by atoms with Crippen molar-refractivity contribution < 1.29 is 19.0 Å². The highest BCUT2D eigenvalue weighted by Crippen LogP contribution is 2.34. The maximum atomic E-state index is 11.1. The van der Waals surface area contributed by atoms with Crippen LogP contribution in [0.2, 0.25) is 0 Å². The molecule has 0 unspecified atom stereocenters. The fourth-order valence-electron chi connectivity index (χ4n) is 1.26. The van der Waals surface area contributed by atoms with Gasteiger partial charge >= 0.3 is 5.97 Å². The molecule has 17 heavy (non-hydrogen) atoms. The van der Waals surface area contributed by atoms with Gasteiger partial charge in [-0.2, -0.15) is 0 Å². The van der Waals surface area contributed by atoms with Crippen molar-refractivity contribution in [1.29, 1.82) is 0 Å². The minimum Gasteiger partial charge on any atom is -0.493 e. The van der Waals surface area contributed by atoms with Gasteiger partial charge in [-0.3, -0.25) is 4.79 Å². The molecular weight excluding hydrogens is 288 g/mol. The topological polar surface area (TPSA) is 44.8 Å². The molecule has 0 bridgehead atoms. The van der Waals surface area contributed by atoms with Crippen LogP contribution in [0.4, 0.5) is 0 Å². The Balaban J connectivity index is 2.54. The minimum absolute atomic E-state index is 0.221. The van der Waals surface area contributed by atoms with Gasteiger partial charge in [0, 0.05) is 0 Å². The van der Waals surface area contributed by atoms with Crippen LogP contribution in [-0.4, -0.2) is 26.3 Å². The van der Waals surface area contributed by atoms with Gasteiger partial charge in [0.15, 0.2) is 11.5 Å². The summed E-state index contributed by atoms with van der Waals surface area (Å²) in [5, 5.41) is 0. The molecule has 0 saturated carbocycles. The van der Waals surface area contributed by atoms with Crippen LogP contribution in [0, 0.1) is 0 Å². The van der Waals surface area contributed by atoms with Crippen molar-refractivity contribution in [1.82, 2.24) is 0 Å². The Morgan fingerprint density at radius 3 is 2.82 bits per heavy atom. The van der Waals surface area contributed by atoms with E-state index in [1.807, 2.05) is 12.1 Å². The van der Waals surface area contributed by atoms with E-state index in [-0.39, 0.29) is 19.0 Å². The first-order valence-electron chi connectivity index (χ1n) is 5.30. The van der Waals surface area contributed by atoms with Gasteiger partial charge in [-0.1, -0.05) is 6.07 Å². The summed E-state index contributed by atoms with van der Waals surface area (Å²) >= 11 is 3.36. The normalized spacial score (nSPS) is 9.82. The summed E-state index contributed by atoms with van der Waals surface area (Å²) in [5.41, 5.74) is 0. The summed E-state index contributed by atoms with van der Waals surface area (Å²) in [7, 11) is 1.57. The molecule has 0 amide bonds. The van der Waals surface area contributed by atoms with E-state index in [0.29, 0.717) is 18.1 Å². The highest BCUT2D eigenvalue weighted by Gasteiger charge is 2.09. The Morgan fingerprint density at radius 2 is 2.18 bits per heavy atom. The average molecular weight is 303 g/mol. The molecule has 0 radical (unpaired) electrons. The van der Waals surface area contributed by atoms with Crippen molar-refractivity contribution in [2.24, 2.45) is 0 Å². The third-order valence-electron chi connectivity index (χ3n) is 2.01. The molecule has 1 rings (SSSR count). The third kappa shape index (κ3) is 4.26. The zero-order valence-electron chi connectivity index (χ0n) is 9.86. The van der Waals surface area contributed by atoms with Crippen molar-refractivity contribution in [3.63, 3.8) is 0 Å². The van der Waals surface area contributed by atoms with Crippen LogP contribution in [0.15, 0.2) is 22.7 Å². The number of carbonyl (C=O) groups is 1. The molecule has 0 aliphatic carbocycles. The Bertz CT molecular complexity index is 379. The largest absolute Gasteiger partial charge is 0.493 e. The molecule has 0 atom stereocenters. The summed E-state index contributed by atoms with van der Waals surface area (Å²) < 4.78 is 16.3. The zero-order valence-corrected chi connectivity index (χ0v) is 11.5. The monoisotopic (exact) mass is 302 g/mol. The van der Waals surface area contributed by atoms with E-state index >= 15 is 0 Å². The quantitative estimate of drug-likeness (QED) is 0.758. The molecule has 0 N–H and O–H groups in total. The summed E-state index contributed by atoms with van der Waals surface area (Å²) in [6.07, 6.45) is 0.221. The number of rotatable bonds is 6. The van der Waals surface area contributed by atoms with Crippen LogP contribution in [-0.2, 0) is 9.53 Å². The van der Waals surface area contributed by atoms with Crippen molar-refractivity contribution in [3.05, 3.63) is 22.7 Å². The van der Waals surface area contributed by atoms with E-state index in [4.69, 9.17) is 14.2 Å². The van der Waals surface area contributed by atoms with Gasteiger partial charge in [0.1, 0.15) is 0 Å². The van der Waals surface area contributed by atoms with Gasteiger partial charge in [0.05, 0.1) is 31.2 Å². The van der Waals surface area contributed by atoms with Gasteiger partial charge in [-0.15, -0.1) is 0 Å². The average Bonchev–Trinajstić information content (AvgIpc) is 2.31. The van der Waals surface area contributed by atoms with Crippen molar-refractivity contribution in [2.75, 3.05) is 20.3 Å². The van der Waals surface area contributed by atoms with Crippen LogP contribution in [0.5, 0.6) is 11.5 Å². The molecule has 0 fully saturated rings. The Hall–Kier alpha value is -1.23. The van der Waals surface area contributed by atoms with Gasteiger partial charge in [-0.25, -0.2) is 0 Å². The summed E-state index contributed by atoms with van der Waals surface area (Å²) in [6.45, 7) is 2.42. The van der Waals surface area contributed by atoms with E-state index in [1.54, 1.807) is 20.1 Å². The molecular formula is C12H15BrO4. The zero-order chi connectivity index (χ0) is 12.7. The van der Waals surface area contributed by atoms with Crippen LogP contribution in [0.1, 0.15) is 13.3 Å². The maximum Gasteiger partial charge on any atom is 0.309 e. The molecule has 1 aromatic rings. The Labute approximate surface area is 109 Å². The molecule has 4 nitrogen and oxygen atoms in total. The SMILES string of the molecule is CCOC(=O)CCOc1c(Br)cccc1OC. The standard InChI is InChI=1S/C12H15BrO4/c1-3-16-11(14)7-8-17-12-9(13)5-4-6-10(12)15-2/h4-6H,3,7-8H2,1-2H3. The fourth-order valence-corrected chi connectivity index (χ4v) is 1.72. The fraction of sp³-hybridized carbons (Fsp3) is 0.417. The molecule has 0 spiro atoms. The van der Waals surface area contributed by atoms with Gasteiger partial charge in [0.2, 0.25) is 0 Å². The summed E-state index contributed by atoms with van der Waals surface area (Å²) in [4.78, 5) is 11.1. The number of carbonyl (C=O) groups excluding carboxylic acids is 1. The number of methoxy groups -OCH3 is 1. The second kappa shape index (κ2) is 7.17. The second-order valence-corrected chi connectivity index (χ2v) is 4.03. The number of halogens is 1. The minimum atomic E-state index is -0.265. The third-order valence-corrected chi connectivity index (χ3v) is 2.63. The molecule has 0 saturated heterocycles. The first kappa shape index (κ1) is 13.8. The van der Waals surface area contributed by atoms with Crippen LogP contribution < -0.4 is 9.47 Å². The lowest BCUT2D eigenvalue weighted by Crippen LogP contribution is -2.10. The summed E-state index contributed by atoms with van der Waals surface area (Å²) in [6, 6.07) is 5.49. The predicted molar refractivity (Wildman–Crippen MR) is 67.4 cm³/mol. The van der Waals surface area contributed by atoms with E-state index in [0.717, 1.165) is 4.47 Å². The van der Waals surface area contributed by atoms with Gasteiger partial charge < -0.3 is 14.2 Å². The van der Waals surface area contributed by atoms with Crippen molar-refractivity contribution in [3.8, 4) is 11.5 Å². The van der Waals surface area contributed by atoms with Crippen molar-refractivity contribution >= 4 is 21.9 Å². The smallest absolute Gasteiger partial charge is 0.309 e. The number of esters is 1. The lowest BCUT2D eigenvalue weighted by Gasteiger charge is -2.11. The highest BCUT2D eigenvalue weighted by atomic mass is 79.9. The molecule has 0 aliphatic rings. The molecule has 94 valence electrons. The van der Waals surface area contributed by atoms with E-state index < -0.39 is 0 Å². The lowest BCUT2D eigenvalue weighted by atomic mass is 10.3. The molecule has 5 heteroatoms. The van der Waals surface area contributed by atoms with Crippen LogP contribution >= 0.6 is 15.9 Å². The van der Waals surface area contributed by atoms with E-state index in [1.165, 1.54) is 0 Å². The first-order chi connectivity index (χ1) is 8.19. The van der Waals surface area contributed by atoms with E-state index in [2.05, 4.69) is 15.9 Å².